The van der Waals surface area contributed by atoms with Gasteiger partial charge in [-0.25, -0.2) is 4.39 Å². The lowest BCUT2D eigenvalue weighted by Gasteiger charge is -2.26. The van der Waals surface area contributed by atoms with Crippen molar-refractivity contribution in [1.82, 2.24) is 5.32 Å². The molecule has 0 saturated carbocycles. The molecular formula is C14H20BrClFN. The standard InChI is InChI=1S/C14H20BrClFN/c1-4-6-9(3)14(18-5-2)10-7-8-11(15)12(16)13(10)17/h7-9,14,18H,4-6H2,1-3H3. The van der Waals surface area contributed by atoms with Crippen LogP contribution in [0.1, 0.15) is 45.2 Å². The number of hydrogen-bond donors (Lipinski definition) is 1. The van der Waals surface area contributed by atoms with Gasteiger partial charge in [0, 0.05) is 16.1 Å². The van der Waals surface area contributed by atoms with Crippen molar-refractivity contribution in [2.45, 2.75) is 39.7 Å². The van der Waals surface area contributed by atoms with Crippen LogP contribution in [0.5, 0.6) is 0 Å². The van der Waals surface area contributed by atoms with E-state index in [1.54, 1.807) is 0 Å². The zero-order chi connectivity index (χ0) is 13.7. The number of hydrogen-bond acceptors (Lipinski definition) is 1. The molecule has 0 saturated heterocycles. The number of benzene rings is 1. The molecular weight excluding hydrogens is 317 g/mol. The van der Waals surface area contributed by atoms with E-state index < -0.39 is 0 Å². The van der Waals surface area contributed by atoms with Crippen molar-refractivity contribution >= 4 is 27.5 Å². The summed E-state index contributed by atoms with van der Waals surface area (Å²) >= 11 is 9.20. The van der Waals surface area contributed by atoms with Gasteiger partial charge in [-0.1, -0.05) is 44.9 Å². The second-order valence-corrected chi connectivity index (χ2v) is 5.80. The summed E-state index contributed by atoms with van der Waals surface area (Å²) < 4.78 is 14.8. The highest BCUT2D eigenvalue weighted by Crippen LogP contribution is 2.34. The highest BCUT2D eigenvalue weighted by molar-refractivity contribution is 9.10. The van der Waals surface area contributed by atoms with E-state index in [1.165, 1.54) is 0 Å². The Kier molecular flexibility index (Phi) is 6.61. The lowest BCUT2D eigenvalue weighted by molar-refractivity contribution is 0.359. The zero-order valence-corrected chi connectivity index (χ0v) is 13.4. The van der Waals surface area contributed by atoms with Crippen LogP contribution >= 0.6 is 27.5 Å². The zero-order valence-electron chi connectivity index (χ0n) is 11.1. The van der Waals surface area contributed by atoms with E-state index in [-0.39, 0.29) is 16.9 Å². The molecule has 0 aliphatic rings. The van der Waals surface area contributed by atoms with Crippen molar-refractivity contribution in [3.63, 3.8) is 0 Å². The Labute approximate surface area is 122 Å². The third-order valence-electron chi connectivity index (χ3n) is 3.14. The second kappa shape index (κ2) is 7.46. The van der Waals surface area contributed by atoms with Crippen LogP contribution < -0.4 is 5.32 Å². The summed E-state index contributed by atoms with van der Waals surface area (Å²) in [6.45, 7) is 7.13. The Morgan fingerprint density at radius 3 is 2.61 bits per heavy atom. The van der Waals surface area contributed by atoms with Crippen LogP contribution in [0, 0.1) is 11.7 Å². The summed E-state index contributed by atoms with van der Waals surface area (Å²) in [4.78, 5) is 0. The first-order valence-corrected chi connectivity index (χ1v) is 7.56. The van der Waals surface area contributed by atoms with Gasteiger partial charge >= 0.3 is 0 Å². The molecule has 0 bridgehead atoms. The third-order valence-corrected chi connectivity index (χ3v) is 4.40. The van der Waals surface area contributed by atoms with Crippen molar-refractivity contribution in [3.8, 4) is 0 Å². The Hall–Kier alpha value is -0.120. The first-order valence-electron chi connectivity index (χ1n) is 6.39. The van der Waals surface area contributed by atoms with Crippen LogP contribution in [0.15, 0.2) is 16.6 Å². The van der Waals surface area contributed by atoms with Crippen LogP contribution in [0.3, 0.4) is 0 Å². The third kappa shape index (κ3) is 3.69. The van der Waals surface area contributed by atoms with Crippen LogP contribution in [0.25, 0.3) is 0 Å². The second-order valence-electron chi connectivity index (χ2n) is 4.57. The molecule has 1 rings (SSSR count). The van der Waals surface area contributed by atoms with Gasteiger partial charge in [-0.3, -0.25) is 0 Å². The SMILES string of the molecule is CCCC(C)C(NCC)c1ccc(Br)c(Cl)c1F. The van der Waals surface area contributed by atoms with Crippen molar-refractivity contribution in [3.05, 3.63) is 33.0 Å². The predicted molar refractivity (Wildman–Crippen MR) is 79.6 cm³/mol. The molecule has 2 unspecified atom stereocenters. The molecule has 0 aliphatic heterocycles. The van der Waals surface area contributed by atoms with E-state index in [9.17, 15) is 4.39 Å². The van der Waals surface area contributed by atoms with Gasteiger partial charge in [0.1, 0.15) is 5.82 Å². The first kappa shape index (κ1) is 15.9. The first-order chi connectivity index (χ1) is 8.52. The normalized spacial score (nSPS) is 14.6. The molecule has 0 aliphatic carbocycles. The van der Waals surface area contributed by atoms with Gasteiger partial charge in [0.05, 0.1) is 5.02 Å². The van der Waals surface area contributed by atoms with Crippen molar-refractivity contribution in [1.29, 1.82) is 0 Å². The fourth-order valence-corrected chi connectivity index (χ4v) is 2.72. The fourth-order valence-electron chi connectivity index (χ4n) is 2.24. The summed E-state index contributed by atoms with van der Waals surface area (Å²) in [7, 11) is 0. The Balaban J connectivity index is 3.09. The molecule has 0 radical (unpaired) electrons. The van der Waals surface area contributed by atoms with E-state index in [1.807, 2.05) is 19.1 Å². The van der Waals surface area contributed by atoms with Crippen LogP contribution in [-0.4, -0.2) is 6.54 Å². The van der Waals surface area contributed by atoms with Gasteiger partial charge in [-0.15, -0.1) is 0 Å². The van der Waals surface area contributed by atoms with E-state index >= 15 is 0 Å². The van der Waals surface area contributed by atoms with Crippen LogP contribution in [0.2, 0.25) is 5.02 Å². The monoisotopic (exact) mass is 335 g/mol. The molecule has 0 amide bonds. The van der Waals surface area contributed by atoms with Crippen molar-refractivity contribution in [2.24, 2.45) is 5.92 Å². The predicted octanol–water partition coefficient (Wildman–Crippen LogP) is 5.33. The number of rotatable bonds is 6. The molecule has 0 spiro atoms. The molecule has 102 valence electrons. The summed E-state index contributed by atoms with van der Waals surface area (Å²) in [6, 6.07) is 3.63. The average molecular weight is 337 g/mol. The molecule has 1 aromatic rings. The molecule has 0 heterocycles. The fraction of sp³-hybridized carbons (Fsp3) is 0.571. The maximum Gasteiger partial charge on any atom is 0.147 e. The highest BCUT2D eigenvalue weighted by Gasteiger charge is 2.23. The molecule has 2 atom stereocenters. The topological polar surface area (TPSA) is 12.0 Å². The molecule has 18 heavy (non-hydrogen) atoms. The maximum absolute atomic E-state index is 14.2. The minimum absolute atomic E-state index is 0.0144. The van der Waals surface area contributed by atoms with E-state index in [4.69, 9.17) is 11.6 Å². The Bertz CT molecular complexity index is 398. The molecule has 0 aromatic heterocycles. The Morgan fingerprint density at radius 1 is 1.39 bits per heavy atom. The van der Waals surface area contributed by atoms with Crippen LogP contribution in [0.4, 0.5) is 4.39 Å². The minimum atomic E-state index is -0.319. The lowest BCUT2D eigenvalue weighted by atomic mass is 9.90. The quantitative estimate of drug-likeness (QED) is 0.692. The molecule has 0 fully saturated rings. The smallest absolute Gasteiger partial charge is 0.147 e. The van der Waals surface area contributed by atoms with Gasteiger partial charge in [-0.05, 0) is 40.9 Å². The Morgan fingerprint density at radius 2 is 2.06 bits per heavy atom. The summed E-state index contributed by atoms with van der Waals surface area (Å²) in [5.41, 5.74) is 0.658. The molecule has 1 nitrogen and oxygen atoms in total. The van der Waals surface area contributed by atoms with E-state index in [2.05, 4.69) is 35.1 Å². The summed E-state index contributed by atoms with van der Waals surface area (Å²) in [6.07, 6.45) is 2.15. The summed E-state index contributed by atoms with van der Waals surface area (Å²) in [5, 5.41) is 3.52. The van der Waals surface area contributed by atoms with Gasteiger partial charge in [0.25, 0.3) is 0 Å². The van der Waals surface area contributed by atoms with Crippen LogP contribution in [-0.2, 0) is 0 Å². The van der Waals surface area contributed by atoms with Gasteiger partial charge in [0.15, 0.2) is 0 Å². The number of nitrogens with one attached hydrogen (secondary N) is 1. The largest absolute Gasteiger partial charge is 0.310 e. The van der Waals surface area contributed by atoms with E-state index in [0.717, 1.165) is 19.4 Å². The highest BCUT2D eigenvalue weighted by atomic mass is 79.9. The van der Waals surface area contributed by atoms with Gasteiger partial charge < -0.3 is 5.32 Å². The van der Waals surface area contributed by atoms with Gasteiger partial charge in [-0.2, -0.15) is 0 Å². The van der Waals surface area contributed by atoms with E-state index in [0.29, 0.717) is 16.0 Å². The molecule has 1 N–H and O–H groups in total. The molecule has 1 aromatic carbocycles. The van der Waals surface area contributed by atoms with Crippen molar-refractivity contribution < 1.29 is 4.39 Å². The average Bonchev–Trinajstić information content (AvgIpc) is 2.34. The summed E-state index contributed by atoms with van der Waals surface area (Å²) in [5.74, 6) is 0.0571. The maximum atomic E-state index is 14.2. The van der Waals surface area contributed by atoms with Gasteiger partial charge in [0.2, 0.25) is 0 Å². The number of halogens is 3. The van der Waals surface area contributed by atoms with Crippen molar-refractivity contribution in [2.75, 3.05) is 6.54 Å². The lowest BCUT2D eigenvalue weighted by Crippen LogP contribution is -2.27. The minimum Gasteiger partial charge on any atom is -0.310 e. The molecule has 4 heteroatoms.